The summed E-state index contributed by atoms with van der Waals surface area (Å²) in [5.74, 6) is -0.272. The fourth-order valence-corrected chi connectivity index (χ4v) is 5.16. The normalized spacial score (nSPS) is 17.5. The van der Waals surface area contributed by atoms with Crippen LogP contribution in [0.3, 0.4) is 0 Å². The number of piperidine rings is 1. The maximum Gasteiger partial charge on any atom is 0.261 e. The molecule has 6 nitrogen and oxygen atoms in total. The highest BCUT2D eigenvalue weighted by molar-refractivity contribution is 9.10. The van der Waals surface area contributed by atoms with Crippen molar-refractivity contribution in [2.45, 2.75) is 23.8 Å². The van der Waals surface area contributed by atoms with Crippen LogP contribution in [0.15, 0.2) is 34.2 Å². The van der Waals surface area contributed by atoms with E-state index in [4.69, 9.17) is 0 Å². The van der Waals surface area contributed by atoms with Gasteiger partial charge in [-0.1, -0.05) is 0 Å². The lowest BCUT2D eigenvalue weighted by atomic mass is 9.93. The number of rotatable bonds is 3. The maximum atomic E-state index is 13.1. The summed E-state index contributed by atoms with van der Waals surface area (Å²) >= 11 is 3.08. The van der Waals surface area contributed by atoms with Gasteiger partial charge in [0.05, 0.1) is 16.9 Å². The van der Waals surface area contributed by atoms with Gasteiger partial charge in [-0.25, -0.2) is 17.8 Å². The Bertz CT molecular complexity index is 816. The molecule has 1 saturated heterocycles. The molecule has 2 aromatic heterocycles. The average Bonchev–Trinajstić information content (AvgIpc) is 2.93. The first-order valence-corrected chi connectivity index (χ1v) is 9.41. The van der Waals surface area contributed by atoms with Crippen molar-refractivity contribution in [3.8, 4) is 0 Å². The molecule has 23 heavy (non-hydrogen) atoms. The number of pyridine rings is 1. The Balaban J connectivity index is 1.76. The third-order valence-electron chi connectivity index (χ3n) is 4.01. The van der Waals surface area contributed by atoms with Gasteiger partial charge in [0, 0.05) is 26.3 Å². The number of sulfonamides is 1. The number of hydrogen-bond acceptors (Lipinski definition) is 4. The molecule has 0 amide bonds. The Labute approximate surface area is 142 Å². The minimum absolute atomic E-state index is 0.140. The lowest BCUT2D eigenvalue weighted by Crippen LogP contribution is -2.38. The van der Waals surface area contributed by atoms with E-state index in [9.17, 15) is 12.8 Å². The van der Waals surface area contributed by atoms with E-state index in [-0.39, 0.29) is 9.50 Å². The monoisotopic (exact) mass is 402 g/mol. The quantitative estimate of drug-likeness (QED) is 0.789. The van der Waals surface area contributed by atoms with Crippen LogP contribution < -0.4 is 0 Å². The van der Waals surface area contributed by atoms with E-state index in [2.05, 4.69) is 26.0 Å². The molecule has 9 heteroatoms. The van der Waals surface area contributed by atoms with Crippen molar-refractivity contribution < 1.29 is 12.8 Å². The van der Waals surface area contributed by atoms with Gasteiger partial charge in [0.1, 0.15) is 5.82 Å². The summed E-state index contributed by atoms with van der Waals surface area (Å²) in [6.45, 7) is 0.820. The van der Waals surface area contributed by atoms with E-state index in [0.29, 0.717) is 19.0 Å². The second-order valence-corrected chi connectivity index (χ2v) is 8.27. The molecule has 2 aromatic rings. The highest BCUT2D eigenvalue weighted by Crippen LogP contribution is 2.31. The van der Waals surface area contributed by atoms with Gasteiger partial charge in [0.15, 0.2) is 5.03 Å². The third kappa shape index (κ3) is 3.31. The van der Waals surface area contributed by atoms with Crippen molar-refractivity contribution in [1.29, 1.82) is 0 Å². The smallest absolute Gasteiger partial charge is 0.261 e. The highest BCUT2D eigenvalue weighted by atomic mass is 79.9. The van der Waals surface area contributed by atoms with Crippen LogP contribution in [0.25, 0.3) is 0 Å². The second kappa shape index (κ2) is 6.29. The first-order chi connectivity index (χ1) is 10.9. The summed E-state index contributed by atoms with van der Waals surface area (Å²) in [6.07, 6.45) is 6.16. The molecule has 1 aliphatic rings. The third-order valence-corrected chi connectivity index (χ3v) is 6.73. The number of aryl methyl sites for hydroxylation is 1. The van der Waals surface area contributed by atoms with Crippen molar-refractivity contribution in [1.82, 2.24) is 19.1 Å². The molecule has 1 fully saturated rings. The van der Waals surface area contributed by atoms with Crippen molar-refractivity contribution in [2.75, 3.05) is 13.1 Å². The summed E-state index contributed by atoms with van der Waals surface area (Å²) in [4.78, 5) is 3.74. The van der Waals surface area contributed by atoms with Gasteiger partial charge < -0.3 is 0 Å². The van der Waals surface area contributed by atoms with Gasteiger partial charge in [-0.3, -0.25) is 4.68 Å². The van der Waals surface area contributed by atoms with Crippen LogP contribution in [0.4, 0.5) is 4.39 Å². The largest absolute Gasteiger partial charge is 0.276 e. The van der Waals surface area contributed by atoms with E-state index in [1.807, 2.05) is 19.4 Å². The van der Waals surface area contributed by atoms with E-state index in [0.717, 1.165) is 30.7 Å². The highest BCUT2D eigenvalue weighted by Gasteiger charge is 2.32. The molecule has 0 N–H and O–H groups in total. The summed E-state index contributed by atoms with van der Waals surface area (Å²) < 4.78 is 41.7. The number of nitrogens with zero attached hydrogens (tertiary/aromatic N) is 4. The molecule has 0 spiro atoms. The summed E-state index contributed by atoms with van der Waals surface area (Å²) in [5.41, 5.74) is 1.13. The molecule has 0 radical (unpaired) electrons. The molecule has 3 heterocycles. The zero-order chi connectivity index (χ0) is 16.6. The Morgan fingerprint density at radius 2 is 2.00 bits per heavy atom. The Kier molecular flexibility index (Phi) is 4.52. The van der Waals surface area contributed by atoms with Crippen LogP contribution in [0.1, 0.15) is 24.3 Å². The number of hydrogen-bond donors (Lipinski definition) is 0. The fourth-order valence-electron chi connectivity index (χ4n) is 2.79. The molecular weight excluding hydrogens is 387 g/mol. The maximum absolute atomic E-state index is 13.1. The summed E-state index contributed by atoms with van der Waals surface area (Å²) in [5, 5.41) is 4.02. The van der Waals surface area contributed by atoms with Crippen LogP contribution in [0.2, 0.25) is 0 Å². The van der Waals surface area contributed by atoms with Gasteiger partial charge >= 0.3 is 0 Å². The minimum atomic E-state index is -3.72. The number of aromatic nitrogens is 3. The van der Waals surface area contributed by atoms with Crippen LogP contribution in [-0.4, -0.2) is 40.6 Å². The first-order valence-electron chi connectivity index (χ1n) is 7.17. The van der Waals surface area contributed by atoms with Crippen molar-refractivity contribution in [3.63, 3.8) is 0 Å². The molecule has 0 aromatic carbocycles. The predicted molar refractivity (Wildman–Crippen MR) is 85.8 cm³/mol. The molecule has 0 bridgehead atoms. The lowest BCUT2D eigenvalue weighted by molar-refractivity contribution is 0.318. The Morgan fingerprint density at radius 3 is 2.57 bits per heavy atom. The summed E-state index contributed by atoms with van der Waals surface area (Å²) in [7, 11) is -1.86. The van der Waals surface area contributed by atoms with Gasteiger partial charge in [-0.05, 0) is 46.3 Å². The van der Waals surface area contributed by atoms with Crippen LogP contribution >= 0.6 is 15.9 Å². The molecule has 3 rings (SSSR count). The van der Waals surface area contributed by atoms with Crippen molar-refractivity contribution in [3.05, 3.63) is 40.5 Å². The molecule has 1 aliphatic heterocycles. The average molecular weight is 403 g/mol. The van der Waals surface area contributed by atoms with Crippen molar-refractivity contribution >= 4 is 26.0 Å². The Hall–Kier alpha value is -1.32. The first kappa shape index (κ1) is 16.5. The minimum Gasteiger partial charge on any atom is -0.276 e. The molecular formula is C14H16BrFN4O2S. The SMILES string of the molecule is Cn1cc(C2CCN(S(=O)(=O)c3ncc(F)cc3Br)CC2)cn1. The van der Waals surface area contributed by atoms with Crippen LogP contribution in [0, 0.1) is 5.82 Å². The molecule has 124 valence electrons. The zero-order valence-electron chi connectivity index (χ0n) is 12.5. The second-order valence-electron chi connectivity index (χ2n) is 5.57. The van der Waals surface area contributed by atoms with Crippen LogP contribution in [-0.2, 0) is 17.1 Å². The summed E-state index contributed by atoms with van der Waals surface area (Å²) in [6, 6.07) is 1.11. The molecule has 0 unspecified atom stereocenters. The van der Waals surface area contributed by atoms with Gasteiger partial charge in [-0.15, -0.1) is 0 Å². The van der Waals surface area contributed by atoms with E-state index in [1.54, 1.807) is 4.68 Å². The zero-order valence-corrected chi connectivity index (χ0v) is 14.9. The molecule has 0 saturated carbocycles. The number of halogens is 2. The Morgan fingerprint density at radius 1 is 1.30 bits per heavy atom. The lowest BCUT2D eigenvalue weighted by Gasteiger charge is -2.30. The standard InChI is InChI=1S/C14H16BrFN4O2S/c1-19-9-11(7-18-19)10-2-4-20(5-3-10)23(21,22)14-13(15)6-12(16)8-17-14/h6-10H,2-5H2,1H3. The van der Waals surface area contributed by atoms with Gasteiger partial charge in [0.2, 0.25) is 0 Å². The van der Waals surface area contributed by atoms with Crippen LogP contribution in [0.5, 0.6) is 0 Å². The van der Waals surface area contributed by atoms with Gasteiger partial charge in [0.25, 0.3) is 10.0 Å². The van der Waals surface area contributed by atoms with Crippen molar-refractivity contribution in [2.24, 2.45) is 7.05 Å². The van der Waals surface area contributed by atoms with E-state index < -0.39 is 15.8 Å². The molecule has 0 aliphatic carbocycles. The van der Waals surface area contributed by atoms with E-state index >= 15 is 0 Å². The van der Waals surface area contributed by atoms with Gasteiger partial charge in [-0.2, -0.15) is 9.40 Å². The fraction of sp³-hybridized carbons (Fsp3) is 0.429. The molecule has 0 atom stereocenters. The topological polar surface area (TPSA) is 68.1 Å². The van der Waals surface area contributed by atoms with E-state index in [1.165, 1.54) is 4.31 Å². The predicted octanol–water partition coefficient (Wildman–Crippen LogP) is 2.29.